The van der Waals surface area contributed by atoms with Crippen molar-refractivity contribution in [2.24, 2.45) is 0 Å². The molecule has 9 heteroatoms. The van der Waals surface area contributed by atoms with Crippen LogP contribution in [0.4, 0.5) is 10.1 Å². The SMILES string of the molecule is CC1([N+](=O)[O-])COP(=O)(Nc2ccc(F)cc2)OC1. The van der Waals surface area contributed by atoms with E-state index in [4.69, 9.17) is 9.05 Å². The Morgan fingerprint density at radius 3 is 2.37 bits per heavy atom. The molecule has 1 heterocycles. The van der Waals surface area contributed by atoms with Gasteiger partial charge in [-0.2, -0.15) is 0 Å². The van der Waals surface area contributed by atoms with Gasteiger partial charge < -0.3 is 0 Å². The van der Waals surface area contributed by atoms with E-state index in [1.807, 2.05) is 0 Å². The Hall–Kier alpha value is -1.50. The van der Waals surface area contributed by atoms with Crippen LogP contribution in [0.2, 0.25) is 0 Å². The zero-order valence-electron chi connectivity index (χ0n) is 10.0. The lowest BCUT2D eigenvalue weighted by atomic mass is 10.1. The highest BCUT2D eigenvalue weighted by molar-refractivity contribution is 7.55. The molecule has 1 N–H and O–H groups in total. The summed E-state index contributed by atoms with van der Waals surface area (Å²) in [5.41, 5.74) is -1.08. The molecule has 1 aliphatic rings. The van der Waals surface area contributed by atoms with Gasteiger partial charge in [0.05, 0.1) is 0 Å². The van der Waals surface area contributed by atoms with Crippen molar-refractivity contribution >= 4 is 13.4 Å². The largest absolute Gasteiger partial charge is 0.433 e. The number of nitrogens with zero attached hydrogens (tertiary/aromatic N) is 1. The Labute approximate surface area is 108 Å². The Kier molecular flexibility index (Phi) is 3.58. The van der Waals surface area contributed by atoms with E-state index in [2.05, 4.69) is 5.09 Å². The second-order valence-electron chi connectivity index (χ2n) is 4.42. The van der Waals surface area contributed by atoms with Crippen LogP contribution in [0.5, 0.6) is 0 Å². The number of nitrogens with one attached hydrogen (secondary N) is 1. The number of hydrogen-bond donors (Lipinski definition) is 1. The highest BCUT2D eigenvalue weighted by Gasteiger charge is 2.48. The van der Waals surface area contributed by atoms with Crippen LogP contribution >= 0.6 is 7.75 Å². The summed E-state index contributed by atoms with van der Waals surface area (Å²) in [4.78, 5) is 10.2. The normalized spacial score (nSPS) is 30.8. The topological polar surface area (TPSA) is 90.7 Å². The van der Waals surface area contributed by atoms with Crippen LogP contribution in [0.25, 0.3) is 0 Å². The van der Waals surface area contributed by atoms with Crippen molar-refractivity contribution in [1.29, 1.82) is 0 Å². The molecule has 0 unspecified atom stereocenters. The quantitative estimate of drug-likeness (QED) is 0.522. The van der Waals surface area contributed by atoms with Crippen molar-refractivity contribution in [3.05, 3.63) is 40.2 Å². The fourth-order valence-electron chi connectivity index (χ4n) is 1.38. The van der Waals surface area contributed by atoms with Crippen LogP contribution in [0.15, 0.2) is 24.3 Å². The first-order chi connectivity index (χ1) is 8.83. The number of rotatable bonds is 3. The highest BCUT2D eigenvalue weighted by Crippen LogP contribution is 2.51. The third-order valence-corrected chi connectivity index (χ3v) is 4.11. The average molecular weight is 290 g/mol. The van der Waals surface area contributed by atoms with E-state index in [1.54, 1.807) is 0 Å². The second kappa shape index (κ2) is 4.88. The van der Waals surface area contributed by atoms with E-state index in [0.717, 1.165) is 0 Å². The molecule has 1 fully saturated rings. The van der Waals surface area contributed by atoms with Crippen LogP contribution in [-0.4, -0.2) is 23.7 Å². The van der Waals surface area contributed by atoms with E-state index in [1.165, 1.54) is 31.2 Å². The maximum Gasteiger partial charge on any atom is 0.433 e. The summed E-state index contributed by atoms with van der Waals surface area (Å²) in [5.74, 6) is -0.435. The fraction of sp³-hybridized carbons (Fsp3) is 0.400. The van der Waals surface area contributed by atoms with Crippen molar-refractivity contribution in [1.82, 2.24) is 0 Å². The van der Waals surface area contributed by atoms with Gasteiger partial charge in [-0.05, 0) is 24.3 Å². The van der Waals surface area contributed by atoms with Crippen LogP contribution in [0, 0.1) is 15.9 Å². The first kappa shape index (κ1) is 13.9. The smallest absolute Gasteiger partial charge is 0.293 e. The minimum Gasteiger partial charge on any atom is -0.293 e. The van der Waals surface area contributed by atoms with Crippen LogP contribution in [0.3, 0.4) is 0 Å². The Morgan fingerprint density at radius 1 is 1.37 bits per heavy atom. The Bertz CT molecular complexity index is 523. The van der Waals surface area contributed by atoms with Crippen molar-refractivity contribution in [3.63, 3.8) is 0 Å². The van der Waals surface area contributed by atoms with Gasteiger partial charge in [0.25, 0.3) is 5.54 Å². The monoisotopic (exact) mass is 290 g/mol. The summed E-state index contributed by atoms with van der Waals surface area (Å²) < 4.78 is 34.8. The van der Waals surface area contributed by atoms with Crippen LogP contribution in [-0.2, 0) is 13.6 Å². The molecule has 0 amide bonds. The lowest BCUT2D eigenvalue weighted by Gasteiger charge is -2.30. The minimum absolute atomic E-state index is 0.328. The third kappa shape index (κ3) is 3.09. The molecule has 2 rings (SSSR count). The molecule has 1 saturated heterocycles. The molecule has 1 aromatic rings. The molecular formula is C10H12FN2O5P. The molecule has 0 radical (unpaired) electrons. The van der Waals surface area contributed by atoms with E-state index in [9.17, 15) is 19.1 Å². The molecule has 0 saturated carbocycles. The van der Waals surface area contributed by atoms with Crippen LogP contribution in [0.1, 0.15) is 6.92 Å². The van der Waals surface area contributed by atoms with E-state index < -0.39 is 24.0 Å². The zero-order chi connectivity index (χ0) is 14.1. The molecule has 0 atom stereocenters. The summed E-state index contributed by atoms with van der Waals surface area (Å²) in [7, 11) is -3.65. The number of hydrogen-bond acceptors (Lipinski definition) is 5. The first-order valence-corrected chi connectivity index (χ1v) is 6.95. The summed E-state index contributed by atoms with van der Waals surface area (Å²) in [6, 6.07) is 5.09. The molecule has 1 aliphatic heterocycles. The zero-order valence-corrected chi connectivity index (χ0v) is 10.9. The Morgan fingerprint density at radius 2 is 1.89 bits per heavy atom. The molecule has 19 heavy (non-hydrogen) atoms. The average Bonchev–Trinajstić information content (AvgIpc) is 2.36. The molecule has 0 bridgehead atoms. The van der Waals surface area contributed by atoms with E-state index >= 15 is 0 Å². The molecule has 0 aromatic heterocycles. The number of nitro groups is 1. The summed E-state index contributed by atoms with van der Waals surface area (Å²) in [5, 5.41) is 13.3. The molecule has 7 nitrogen and oxygen atoms in total. The van der Waals surface area contributed by atoms with Gasteiger partial charge in [0.2, 0.25) is 0 Å². The van der Waals surface area contributed by atoms with Gasteiger partial charge in [-0.1, -0.05) is 0 Å². The third-order valence-electron chi connectivity index (χ3n) is 2.64. The van der Waals surface area contributed by atoms with Gasteiger partial charge in [0.15, 0.2) is 0 Å². The molecule has 104 valence electrons. The predicted octanol–water partition coefficient (Wildman–Crippen LogP) is 2.43. The number of halogens is 1. The number of anilines is 1. The molecule has 1 aromatic carbocycles. The standard InChI is InChI=1S/C10H12FN2O5P/c1-10(13(14)15)6-17-19(16,18-7-10)12-9-4-2-8(11)3-5-9/h2-5H,6-7H2,1H3,(H,12,16). The first-order valence-electron chi connectivity index (χ1n) is 5.40. The van der Waals surface area contributed by atoms with Crippen LogP contribution < -0.4 is 5.09 Å². The van der Waals surface area contributed by atoms with Gasteiger partial charge in [0.1, 0.15) is 19.0 Å². The lowest BCUT2D eigenvalue weighted by molar-refractivity contribution is -0.572. The van der Waals surface area contributed by atoms with Crippen molar-refractivity contribution in [3.8, 4) is 0 Å². The van der Waals surface area contributed by atoms with E-state index in [0.29, 0.717) is 5.69 Å². The molecular weight excluding hydrogens is 278 g/mol. The summed E-state index contributed by atoms with van der Waals surface area (Å²) in [6.07, 6.45) is 0. The van der Waals surface area contributed by atoms with Gasteiger partial charge in [0, 0.05) is 17.5 Å². The van der Waals surface area contributed by atoms with Gasteiger partial charge in [-0.25, -0.2) is 8.96 Å². The van der Waals surface area contributed by atoms with Gasteiger partial charge in [-0.15, -0.1) is 0 Å². The Balaban J connectivity index is 2.04. The highest BCUT2D eigenvalue weighted by atomic mass is 31.2. The number of benzene rings is 1. The summed E-state index contributed by atoms with van der Waals surface area (Å²) in [6.45, 7) is 0.686. The molecule has 0 aliphatic carbocycles. The van der Waals surface area contributed by atoms with E-state index in [-0.39, 0.29) is 13.2 Å². The van der Waals surface area contributed by atoms with Gasteiger partial charge in [-0.3, -0.25) is 24.2 Å². The molecule has 0 spiro atoms. The maximum atomic E-state index is 12.7. The predicted molar refractivity (Wildman–Crippen MR) is 64.9 cm³/mol. The lowest BCUT2D eigenvalue weighted by Crippen LogP contribution is -2.47. The van der Waals surface area contributed by atoms with Crippen molar-refractivity contribution in [2.45, 2.75) is 12.5 Å². The minimum atomic E-state index is -3.65. The van der Waals surface area contributed by atoms with Gasteiger partial charge >= 0.3 is 7.75 Å². The second-order valence-corrected chi connectivity index (χ2v) is 6.15. The maximum absolute atomic E-state index is 12.7. The van der Waals surface area contributed by atoms with Crippen molar-refractivity contribution < 1.29 is 22.9 Å². The summed E-state index contributed by atoms with van der Waals surface area (Å²) >= 11 is 0. The van der Waals surface area contributed by atoms with Crippen molar-refractivity contribution in [2.75, 3.05) is 18.3 Å². The fourth-order valence-corrected chi connectivity index (χ4v) is 2.94.